The lowest BCUT2D eigenvalue weighted by Crippen LogP contribution is -2.22. The minimum absolute atomic E-state index is 0.0537. The van der Waals surface area contributed by atoms with Gasteiger partial charge in [-0.05, 0) is 26.2 Å². The van der Waals surface area contributed by atoms with Crippen molar-refractivity contribution in [1.29, 1.82) is 0 Å². The summed E-state index contributed by atoms with van der Waals surface area (Å²) in [6.45, 7) is 2.02. The van der Waals surface area contributed by atoms with Crippen LogP contribution in [0.1, 0.15) is 31.0 Å². The minimum Gasteiger partial charge on any atom is -0.481 e. The van der Waals surface area contributed by atoms with Crippen LogP contribution < -0.4 is 0 Å². The van der Waals surface area contributed by atoms with E-state index in [9.17, 15) is 4.79 Å². The van der Waals surface area contributed by atoms with E-state index in [0.717, 1.165) is 30.1 Å². The standard InChI is InChI=1S/C12H16N2O3S/c1-7-5-13-12(18-6-11(15)16)14(7)9-4-8-2-3-10(9)17-8/h5,8-10H,2-4,6H2,1H3,(H,15,16). The van der Waals surface area contributed by atoms with Crippen molar-refractivity contribution < 1.29 is 14.6 Å². The highest BCUT2D eigenvalue weighted by Gasteiger charge is 2.42. The molecule has 0 aliphatic carbocycles. The number of hydrogen-bond acceptors (Lipinski definition) is 4. The molecule has 3 atom stereocenters. The number of carbonyl (C=O) groups is 1. The molecule has 2 aliphatic heterocycles. The second-order valence-corrected chi connectivity index (χ2v) is 5.85. The number of thioether (sulfide) groups is 1. The quantitative estimate of drug-likeness (QED) is 0.844. The van der Waals surface area contributed by atoms with Crippen LogP contribution in [0.15, 0.2) is 11.4 Å². The monoisotopic (exact) mass is 268 g/mol. The van der Waals surface area contributed by atoms with Crippen LogP contribution >= 0.6 is 11.8 Å². The smallest absolute Gasteiger partial charge is 0.313 e. The van der Waals surface area contributed by atoms with Crippen LogP contribution in [0.5, 0.6) is 0 Å². The third-order valence-electron chi connectivity index (χ3n) is 3.68. The Balaban J connectivity index is 1.82. The van der Waals surface area contributed by atoms with Crippen molar-refractivity contribution in [3.05, 3.63) is 11.9 Å². The SMILES string of the molecule is Cc1cnc(SCC(=O)O)n1C1CC2CCC1O2. The van der Waals surface area contributed by atoms with Crippen LogP contribution in [-0.4, -0.2) is 38.6 Å². The summed E-state index contributed by atoms with van der Waals surface area (Å²) in [5.41, 5.74) is 1.09. The summed E-state index contributed by atoms with van der Waals surface area (Å²) in [6.07, 6.45) is 5.78. The Morgan fingerprint density at radius 3 is 3.11 bits per heavy atom. The molecule has 2 fully saturated rings. The third kappa shape index (κ3) is 2.03. The largest absolute Gasteiger partial charge is 0.481 e. The fourth-order valence-corrected chi connectivity index (χ4v) is 3.74. The minimum atomic E-state index is -0.809. The Hall–Kier alpha value is -1.01. The van der Waals surface area contributed by atoms with Crippen molar-refractivity contribution in [2.45, 2.75) is 49.6 Å². The van der Waals surface area contributed by atoms with Crippen molar-refractivity contribution in [1.82, 2.24) is 9.55 Å². The molecule has 0 saturated carbocycles. The number of aromatic nitrogens is 2. The van der Waals surface area contributed by atoms with E-state index < -0.39 is 5.97 Å². The van der Waals surface area contributed by atoms with Crippen LogP contribution in [0, 0.1) is 6.92 Å². The number of carboxylic acid groups (broad SMARTS) is 1. The summed E-state index contributed by atoms with van der Waals surface area (Å²) in [5, 5.41) is 9.56. The topological polar surface area (TPSA) is 64.3 Å². The molecule has 1 aromatic rings. The Kier molecular flexibility index (Phi) is 3.07. The van der Waals surface area contributed by atoms with E-state index in [1.54, 1.807) is 0 Å². The Morgan fingerprint density at radius 2 is 2.50 bits per heavy atom. The molecule has 0 amide bonds. The number of rotatable bonds is 4. The molecule has 2 saturated heterocycles. The Morgan fingerprint density at radius 1 is 1.67 bits per heavy atom. The van der Waals surface area contributed by atoms with Crippen molar-refractivity contribution in [3.8, 4) is 0 Å². The van der Waals surface area contributed by atoms with E-state index in [1.165, 1.54) is 11.8 Å². The molecular weight excluding hydrogens is 252 g/mol. The lowest BCUT2D eigenvalue weighted by molar-refractivity contribution is -0.133. The maximum absolute atomic E-state index is 10.7. The van der Waals surface area contributed by atoms with Gasteiger partial charge in [0, 0.05) is 11.9 Å². The van der Waals surface area contributed by atoms with Gasteiger partial charge in [-0.1, -0.05) is 11.8 Å². The molecule has 2 bridgehead atoms. The maximum Gasteiger partial charge on any atom is 0.313 e. The molecule has 2 aliphatic rings. The summed E-state index contributed by atoms with van der Waals surface area (Å²) in [4.78, 5) is 15.0. The number of fused-ring (bicyclic) bond motifs is 2. The normalized spacial score (nSPS) is 29.9. The molecule has 1 N–H and O–H groups in total. The molecule has 1 aromatic heterocycles. The van der Waals surface area contributed by atoms with Gasteiger partial charge in [-0.3, -0.25) is 4.79 Å². The number of carboxylic acids is 1. The first kappa shape index (κ1) is 12.0. The molecule has 6 heteroatoms. The van der Waals surface area contributed by atoms with Gasteiger partial charge in [0.2, 0.25) is 0 Å². The van der Waals surface area contributed by atoms with Crippen molar-refractivity contribution in [2.75, 3.05) is 5.75 Å². The Labute approximate surface area is 110 Å². The number of aryl methyl sites for hydroxylation is 1. The van der Waals surface area contributed by atoms with Crippen LogP contribution in [0.3, 0.4) is 0 Å². The number of hydrogen-bond donors (Lipinski definition) is 1. The van der Waals surface area contributed by atoms with Gasteiger partial charge in [0.05, 0.1) is 24.0 Å². The van der Waals surface area contributed by atoms with E-state index in [0.29, 0.717) is 12.1 Å². The summed E-state index contributed by atoms with van der Waals surface area (Å²) in [6, 6.07) is 0.336. The first-order valence-corrected chi connectivity index (χ1v) is 7.17. The average molecular weight is 268 g/mol. The molecular formula is C12H16N2O3S. The van der Waals surface area contributed by atoms with Gasteiger partial charge in [0.25, 0.3) is 0 Å². The summed E-state index contributed by atoms with van der Waals surface area (Å²) in [5.74, 6) is -0.755. The molecule has 5 nitrogen and oxygen atoms in total. The van der Waals surface area contributed by atoms with E-state index in [-0.39, 0.29) is 11.9 Å². The fourth-order valence-electron chi connectivity index (χ4n) is 2.94. The molecule has 0 radical (unpaired) electrons. The lowest BCUT2D eigenvalue weighted by Gasteiger charge is -2.23. The van der Waals surface area contributed by atoms with Crippen LogP contribution in [0.25, 0.3) is 0 Å². The summed E-state index contributed by atoms with van der Waals surface area (Å²) in [7, 11) is 0. The predicted molar refractivity (Wildman–Crippen MR) is 66.9 cm³/mol. The van der Waals surface area contributed by atoms with Gasteiger partial charge in [0.1, 0.15) is 0 Å². The molecule has 18 heavy (non-hydrogen) atoms. The van der Waals surface area contributed by atoms with Gasteiger partial charge in [-0.25, -0.2) is 4.98 Å². The zero-order valence-corrected chi connectivity index (χ0v) is 11.0. The highest BCUT2D eigenvalue weighted by molar-refractivity contribution is 7.99. The summed E-state index contributed by atoms with van der Waals surface area (Å²) >= 11 is 1.29. The average Bonchev–Trinajstić information content (AvgIpc) is 3.00. The molecule has 3 rings (SSSR count). The first-order valence-electron chi connectivity index (χ1n) is 6.19. The molecule has 98 valence electrons. The van der Waals surface area contributed by atoms with Gasteiger partial charge >= 0.3 is 5.97 Å². The maximum atomic E-state index is 10.7. The number of imidazole rings is 1. The van der Waals surface area contributed by atoms with E-state index in [4.69, 9.17) is 9.84 Å². The van der Waals surface area contributed by atoms with Crippen molar-refractivity contribution >= 4 is 17.7 Å². The van der Waals surface area contributed by atoms with Crippen molar-refractivity contribution in [3.63, 3.8) is 0 Å². The van der Waals surface area contributed by atoms with E-state index in [2.05, 4.69) is 9.55 Å². The number of nitrogens with zero attached hydrogens (tertiary/aromatic N) is 2. The predicted octanol–water partition coefficient (Wildman–Crippen LogP) is 1.86. The second kappa shape index (κ2) is 4.59. The van der Waals surface area contributed by atoms with Crippen LogP contribution in [0.4, 0.5) is 0 Å². The van der Waals surface area contributed by atoms with Crippen LogP contribution in [0.2, 0.25) is 0 Å². The summed E-state index contributed by atoms with van der Waals surface area (Å²) < 4.78 is 8.03. The van der Waals surface area contributed by atoms with Gasteiger partial charge in [-0.2, -0.15) is 0 Å². The number of aliphatic carboxylic acids is 1. The zero-order chi connectivity index (χ0) is 12.7. The van der Waals surface area contributed by atoms with Crippen LogP contribution in [-0.2, 0) is 9.53 Å². The van der Waals surface area contributed by atoms with E-state index in [1.807, 2.05) is 13.1 Å². The van der Waals surface area contributed by atoms with Gasteiger partial charge < -0.3 is 14.4 Å². The lowest BCUT2D eigenvalue weighted by atomic mass is 9.95. The van der Waals surface area contributed by atoms with Gasteiger partial charge in [-0.15, -0.1) is 0 Å². The van der Waals surface area contributed by atoms with E-state index >= 15 is 0 Å². The molecule has 3 unspecified atom stereocenters. The third-order valence-corrected chi connectivity index (χ3v) is 4.63. The first-order chi connectivity index (χ1) is 8.65. The molecule has 0 spiro atoms. The second-order valence-electron chi connectivity index (χ2n) is 4.91. The zero-order valence-electron chi connectivity index (χ0n) is 10.2. The van der Waals surface area contributed by atoms with Crippen molar-refractivity contribution in [2.24, 2.45) is 0 Å². The number of ether oxygens (including phenoxy) is 1. The highest BCUT2D eigenvalue weighted by atomic mass is 32.2. The molecule has 3 heterocycles. The Bertz CT molecular complexity index is 474. The molecule has 0 aromatic carbocycles. The van der Waals surface area contributed by atoms with Gasteiger partial charge in [0.15, 0.2) is 5.16 Å². The highest BCUT2D eigenvalue weighted by Crippen LogP contribution is 2.43. The fraction of sp³-hybridized carbons (Fsp3) is 0.667.